The van der Waals surface area contributed by atoms with Crippen molar-refractivity contribution in [3.8, 4) is 11.5 Å². The van der Waals surface area contributed by atoms with Crippen molar-refractivity contribution in [2.24, 2.45) is 23.7 Å². The highest BCUT2D eigenvalue weighted by Gasteiger charge is 2.42. The van der Waals surface area contributed by atoms with E-state index in [1.54, 1.807) is 99.3 Å². The summed E-state index contributed by atoms with van der Waals surface area (Å²) in [5, 5.41) is 0. The van der Waals surface area contributed by atoms with Crippen molar-refractivity contribution in [3.05, 3.63) is 108 Å². The second-order valence-corrected chi connectivity index (χ2v) is 23.2. The maximum atomic E-state index is 15.0. The number of hydrogen-bond donors (Lipinski definition) is 0. The fourth-order valence-corrected chi connectivity index (χ4v) is 9.63. The molecule has 0 aliphatic carbocycles. The Morgan fingerprint density at radius 3 is 1.09 bits per heavy atom. The number of amides is 3. The van der Waals surface area contributed by atoms with Crippen LogP contribution in [0, 0.1) is 23.7 Å². The Hall–Kier alpha value is -7.22. The molecule has 0 unspecified atom stereocenters. The van der Waals surface area contributed by atoms with Gasteiger partial charge in [-0.05, 0) is 123 Å². The Morgan fingerprint density at radius 2 is 0.756 bits per heavy atom. The van der Waals surface area contributed by atoms with Gasteiger partial charge in [0, 0.05) is 41.0 Å². The van der Waals surface area contributed by atoms with Gasteiger partial charge in [0.1, 0.15) is 71.5 Å². The standard InChI is InChI=1S/C62H84N4O15S/c1-37(2)29-49-59(70)78-41(9)55(67)63(11)51(31-39(5)6)61(72)80-53(33-43-19-23-45(24-20-43)76-35-47-17-15-27-74-47)56(68)65(13)50(30-38(3)4)60(71)79-42(10)58(82)66(14)52(32-40(7)8)62(73)81-54(57(69)64(49)12)34-44-21-25-46(26-22-44)77-36-48-18-16-28-75-48/h15-28,37-42,49-54H,29-36H2,1-14H3/t41-,42-,49+,50+,51+,52+,53-,54-/m0/s1. The van der Waals surface area contributed by atoms with E-state index in [2.05, 4.69) is 0 Å². The third-order valence-corrected chi connectivity index (χ3v) is 14.7. The summed E-state index contributed by atoms with van der Waals surface area (Å²) in [4.78, 5) is 108. The molecule has 1 saturated heterocycles. The van der Waals surface area contributed by atoms with Crippen LogP contribution in [0.2, 0.25) is 0 Å². The molecule has 0 bridgehead atoms. The van der Waals surface area contributed by atoms with Crippen LogP contribution in [0.1, 0.15) is 118 Å². The lowest BCUT2D eigenvalue weighted by Crippen LogP contribution is -2.54. The van der Waals surface area contributed by atoms with Crippen molar-refractivity contribution in [1.29, 1.82) is 0 Å². The SMILES string of the molecule is CC(C)C[C@@H]1C(=O)O[C@@H](Cc2ccc(OCc3ccco3)cc2)C(=O)N(C)[C@H](CC(C)C)C(=O)O[C@@H](C)C(=S)N(C)[C@H](CC(C)C)C(=O)O[C@@H](Cc2ccc(OCc3ccco3)cc2)C(=O)N(C)[C@H](CC(C)C)C(=O)O[C@@H](C)C(=O)N1C. The quantitative estimate of drug-likeness (QED) is 0.0517. The second-order valence-electron chi connectivity index (χ2n) is 22.8. The number of ether oxygens (including phenoxy) is 6. The predicted molar refractivity (Wildman–Crippen MR) is 309 cm³/mol. The zero-order valence-corrected chi connectivity index (χ0v) is 50.8. The Kier molecular flexibility index (Phi) is 24.6. The monoisotopic (exact) mass is 1160 g/mol. The number of carbonyl (C=O) groups excluding carboxylic acids is 7. The van der Waals surface area contributed by atoms with Gasteiger partial charge in [-0.2, -0.15) is 0 Å². The minimum Gasteiger partial charge on any atom is -0.486 e. The number of esters is 4. The average Bonchev–Trinajstić information content (AvgIpc) is 4.31. The number of cyclic esters (lactones) is 4. The third kappa shape index (κ3) is 18.9. The van der Waals surface area contributed by atoms with Gasteiger partial charge in [-0.25, -0.2) is 19.2 Å². The maximum absolute atomic E-state index is 15.0. The fraction of sp³-hybridized carbons (Fsp3) is 0.548. The lowest BCUT2D eigenvalue weighted by Gasteiger charge is -2.36. The summed E-state index contributed by atoms with van der Waals surface area (Å²) in [5.74, 6) is -4.01. The molecule has 448 valence electrons. The first-order valence-electron chi connectivity index (χ1n) is 28.1. The summed E-state index contributed by atoms with van der Waals surface area (Å²) < 4.78 is 47.0. The number of benzene rings is 2. The van der Waals surface area contributed by atoms with Crippen LogP contribution in [0.25, 0.3) is 0 Å². The van der Waals surface area contributed by atoms with E-state index >= 15 is 9.59 Å². The molecule has 0 saturated carbocycles. The molecule has 3 heterocycles. The van der Waals surface area contributed by atoms with Gasteiger partial charge in [0.25, 0.3) is 17.7 Å². The normalized spacial score (nSPS) is 22.9. The van der Waals surface area contributed by atoms with Crippen LogP contribution in [0.4, 0.5) is 0 Å². The van der Waals surface area contributed by atoms with E-state index in [1.165, 1.54) is 42.8 Å². The zero-order valence-electron chi connectivity index (χ0n) is 50.0. The molecule has 20 heteroatoms. The minimum absolute atomic E-state index is 0.0555. The van der Waals surface area contributed by atoms with Gasteiger partial charge in [-0.3, -0.25) is 14.4 Å². The summed E-state index contributed by atoms with van der Waals surface area (Å²) in [6.45, 7) is 18.3. The van der Waals surface area contributed by atoms with Crippen molar-refractivity contribution in [1.82, 2.24) is 19.6 Å². The number of rotatable bonds is 18. The van der Waals surface area contributed by atoms with Gasteiger partial charge < -0.3 is 56.9 Å². The first-order chi connectivity index (χ1) is 38.7. The van der Waals surface area contributed by atoms with Crippen LogP contribution in [0.15, 0.2) is 94.2 Å². The molecule has 2 aromatic carbocycles. The second kappa shape index (κ2) is 30.7. The van der Waals surface area contributed by atoms with E-state index in [1.807, 2.05) is 55.4 Å². The molecule has 0 radical (unpaired) electrons. The summed E-state index contributed by atoms with van der Waals surface area (Å²) in [7, 11) is 5.81. The predicted octanol–water partition coefficient (Wildman–Crippen LogP) is 8.81. The lowest BCUT2D eigenvalue weighted by molar-refractivity contribution is -0.174. The molecular weight excluding hydrogens is 1070 g/mol. The Labute approximate surface area is 488 Å². The molecule has 4 aromatic rings. The average molecular weight is 1160 g/mol. The number of carbonyl (C=O) groups is 7. The lowest BCUT2D eigenvalue weighted by atomic mass is 10.00. The Bertz CT molecular complexity index is 2530. The first-order valence-corrected chi connectivity index (χ1v) is 28.5. The molecule has 0 spiro atoms. The molecule has 5 rings (SSSR count). The van der Waals surface area contributed by atoms with Crippen molar-refractivity contribution in [3.63, 3.8) is 0 Å². The van der Waals surface area contributed by atoms with Gasteiger partial charge in [0.15, 0.2) is 18.3 Å². The third-order valence-electron chi connectivity index (χ3n) is 14.1. The van der Waals surface area contributed by atoms with Crippen LogP contribution < -0.4 is 9.47 Å². The van der Waals surface area contributed by atoms with Crippen LogP contribution in [0.5, 0.6) is 11.5 Å². The van der Waals surface area contributed by atoms with E-state index in [9.17, 15) is 24.0 Å². The molecule has 3 amide bonds. The smallest absolute Gasteiger partial charge is 0.329 e. The summed E-state index contributed by atoms with van der Waals surface area (Å²) in [5.41, 5.74) is 1.17. The Morgan fingerprint density at radius 1 is 0.439 bits per heavy atom. The van der Waals surface area contributed by atoms with Crippen molar-refractivity contribution in [2.75, 3.05) is 28.2 Å². The molecular formula is C62H84N4O15S. The van der Waals surface area contributed by atoms with Crippen LogP contribution in [0.3, 0.4) is 0 Å². The van der Waals surface area contributed by atoms with E-state index in [4.69, 9.17) is 49.5 Å². The van der Waals surface area contributed by atoms with E-state index in [0.717, 1.165) is 4.90 Å². The largest absolute Gasteiger partial charge is 0.486 e. The number of nitrogens with zero attached hydrogens (tertiary/aromatic N) is 4. The molecule has 1 aliphatic rings. The van der Waals surface area contributed by atoms with Crippen LogP contribution in [-0.4, -0.2) is 143 Å². The van der Waals surface area contributed by atoms with Gasteiger partial charge in [0.05, 0.1) is 12.5 Å². The number of likely N-dealkylation sites (N-methyl/N-ethyl adjacent to an activating group) is 4. The molecule has 1 aliphatic heterocycles. The summed E-state index contributed by atoms with van der Waals surface area (Å²) >= 11 is 5.97. The molecule has 1 fully saturated rings. The van der Waals surface area contributed by atoms with Crippen molar-refractivity contribution < 1.29 is 70.8 Å². The van der Waals surface area contributed by atoms with Gasteiger partial charge in [-0.1, -0.05) is 91.9 Å². The number of thiocarbonyl (C=S) groups is 1. The van der Waals surface area contributed by atoms with E-state index in [-0.39, 0.29) is 80.4 Å². The van der Waals surface area contributed by atoms with Crippen molar-refractivity contribution in [2.45, 2.75) is 170 Å². The minimum atomic E-state index is -1.53. The summed E-state index contributed by atoms with van der Waals surface area (Å²) in [6, 6.07) is 16.0. The highest BCUT2D eigenvalue weighted by Crippen LogP contribution is 2.26. The molecule has 0 N–H and O–H groups in total. The fourth-order valence-electron chi connectivity index (χ4n) is 9.45. The van der Waals surface area contributed by atoms with Gasteiger partial charge in [0.2, 0.25) is 0 Å². The molecule has 8 atom stereocenters. The number of furan rings is 2. The number of hydrogen-bond acceptors (Lipinski definition) is 16. The van der Waals surface area contributed by atoms with Crippen LogP contribution >= 0.6 is 12.2 Å². The summed E-state index contributed by atoms with van der Waals surface area (Å²) in [6.07, 6.45) is -2.31. The van der Waals surface area contributed by atoms with Crippen LogP contribution in [-0.2, 0) is 78.6 Å². The molecule has 82 heavy (non-hydrogen) atoms. The van der Waals surface area contributed by atoms with Gasteiger partial charge >= 0.3 is 23.9 Å². The highest BCUT2D eigenvalue weighted by molar-refractivity contribution is 7.80. The molecule has 2 aromatic heterocycles. The maximum Gasteiger partial charge on any atom is 0.329 e. The van der Waals surface area contributed by atoms with E-state index < -0.39 is 90.2 Å². The topological polar surface area (TPSA) is 214 Å². The van der Waals surface area contributed by atoms with Gasteiger partial charge in [-0.15, -0.1) is 0 Å². The van der Waals surface area contributed by atoms with Crippen molar-refractivity contribution >= 4 is 58.8 Å². The zero-order chi connectivity index (χ0) is 60.5. The van der Waals surface area contributed by atoms with E-state index in [0.29, 0.717) is 34.1 Å². The highest BCUT2D eigenvalue weighted by atomic mass is 32.1. The molecule has 19 nitrogen and oxygen atoms in total. The Balaban J connectivity index is 1.57. The first kappa shape index (κ1) is 65.6.